The fraction of sp³-hybridized carbons (Fsp3) is 0.556. The van der Waals surface area contributed by atoms with E-state index >= 15 is 0 Å². The summed E-state index contributed by atoms with van der Waals surface area (Å²) in [6.07, 6.45) is 3.73. The fourth-order valence-corrected chi connectivity index (χ4v) is 2.71. The van der Waals surface area contributed by atoms with Crippen molar-refractivity contribution in [2.45, 2.75) is 38.0 Å². The Kier molecular flexibility index (Phi) is 6.54. The number of nitrogens with one attached hydrogen (secondary N) is 2. The van der Waals surface area contributed by atoms with E-state index in [1.165, 1.54) is 0 Å². The molecule has 1 amide bonds. The summed E-state index contributed by atoms with van der Waals surface area (Å²) in [7, 11) is 1.78. The molecule has 6 heteroatoms. The minimum Gasteiger partial charge on any atom is -0.355 e. The molecule has 1 fully saturated rings. The number of thioether (sulfide) groups is 1. The van der Waals surface area contributed by atoms with Gasteiger partial charge in [-0.3, -0.25) is 9.79 Å². The predicted molar refractivity (Wildman–Crippen MR) is 104 cm³/mol. The molecular formula is C18H28N4OS. The third-order valence-corrected chi connectivity index (χ3v) is 5.49. The highest BCUT2D eigenvalue weighted by molar-refractivity contribution is 7.99. The molecule has 24 heavy (non-hydrogen) atoms. The van der Waals surface area contributed by atoms with Crippen LogP contribution in [0, 0.1) is 0 Å². The molecule has 0 radical (unpaired) electrons. The van der Waals surface area contributed by atoms with Crippen molar-refractivity contribution in [3.63, 3.8) is 0 Å². The molecule has 0 aromatic heterocycles. The van der Waals surface area contributed by atoms with Crippen LogP contribution < -0.4 is 15.5 Å². The number of carbonyl (C=O) groups is 1. The van der Waals surface area contributed by atoms with Crippen molar-refractivity contribution in [1.29, 1.82) is 0 Å². The lowest BCUT2D eigenvalue weighted by molar-refractivity contribution is -0.117. The average Bonchev–Trinajstić information content (AvgIpc) is 3.01. The molecule has 2 N–H and O–H groups in total. The summed E-state index contributed by atoms with van der Waals surface area (Å²) in [4.78, 5) is 17.9. The number of rotatable bonds is 6. The molecule has 1 aromatic rings. The van der Waals surface area contributed by atoms with E-state index in [-0.39, 0.29) is 10.7 Å². The molecule has 0 atom stereocenters. The lowest BCUT2D eigenvalue weighted by Gasteiger charge is -2.23. The lowest BCUT2D eigenvalue weighted by Crippen LogP contribution is -2.42. The van der Waals surface area contributed by atoms with Crippen LogP contribution in [0.15, 0.2) is 29.3 Å². The van der Waals surface area contributed by atoms with Crippen LogP contribution >= 0.6 is 11.8 Å². The van der Waals surface area contributed by atoms with Gasteiger partial charge in [0.2, 0.25) is 5.91 Å². The Hall–Kier alpha value is -1.69. The highest BCUT2D eigenvalue weighted by atomic mass is 32.2. The van der Waals surface area contributed by atoms with E-state index in [9.17, 15) is 4.79 Å². The second-order valence-electron chi connectivity index (χ2n) is 6.56. The van der Waals surface area contributed by atoms with E-state index in [0.29, 0.717) is 13.0 Å². The normalized spacial score (nSPS) is 15.8. The number of aliphatic imine (C=N–C) groups is 1. The first-order valence-corrected chi connectivity index (χ1v) is 9.56. The number of amides is 1. The Morgan fingerprint density at radius 3 is 2.54 bits per heavy atom. The molecule has 0 aliphatic carbocycles. The zero-order valence-corrected chi connectivity index (χ0v) is 15.9. The van der Waals surface area contributed by atoms with Gasteiger partial charge in [-0.1, -0.05) is 12.1 Å². The SMILES string of the molecule is CN=C(NCc1ccc(N2CCCC2=O)cc1)NCC(C)(C)SC. The standard InChI is InChI=1S/C18H28N4OS/c1-18(2,24-4)13-21-17(19-3)20-12-14-7-9-15(10-8-14)22-11-5-6-16(22)23/h7-10H,5-6,11-13H2,1-4H3,(H2,19,20,21). The van der Waals surface area contributed by atoms with E-state index in [1.807, 2.05) is 28.8 Å². The average molecular weight is 349 g/mol. The fourth-order valence-electron chi connectivity index (χ4n) is 2.49. The van der Waals surface area contributed by atoms with Gasteiger partial charge in [-0.25, -0.2) is 0 Å². The Morgan fingerprint density at radius 1 is 1.29 bits per heavy atom. The number of hydrogen-bond acceptors (Lipinski definition) is 3. The number of anilines is 1. The van der Waals surface area contributed by atoms with Crippen LogP contribution in [-0.2, 0) is 11.3 Å². The van der Waals surface area contributed by atoms with Gasteiger partial charge in [-0.2, -0.15) is 11.8 Å². The highest BCUT2D eigenvalue weighted by Gasteiger charge is 2.21. The first kappa shape index (κ1) is 18.6. The number of nitrogens with zero attached hydrogens (tertiary/aromatic N) is 2. The van der Waals surface area contributed by atoms with Gasteiger partial charge >= 0.3 is 0 Å². The van der Waals surface area contributed by atoms with Crippen molar-refractivity contribution in [3.8, 4) is 0 Å². The topological polar surface area (TPSA) is 56.7 Å². The van der Waals surface area contributed by atoms with E-state index in [1.54, 1.807) is 7.05 Å². The van der Waals surface area contributed by atoms with Crippen molar-refractivity contribution in [2.75, 3.05) is 31.3 Å². The maximum Gasteiger partial charge on any atom is 0.227 e. The summed E-state index contributed by atoms with van der Waals surface area (Å²) in [6.45, 7) is 6.79. The number of hydrogen-bond donors (Lipinski definition) is 2. The number of carbonyl (C=O) groups excluding carboxylic acids is 1. The Labute approximate surface area is 149 Å². The van der Waals surface area contributed by atoms with Gasteiger partial charge in [0.15, 0.2) is 5.96 Å². The van der Waals surface area contributed by atoms with E-state index < -0.39 is 0 Å². The zero-order chi connectivity index (χ0) is 17.6. The molecule has 0 bridgehead atoms. The molecule has 132 valence electrons. The summed E-state index contributed by atoms with van der Waals surface area (Å²) in [5.74, 6) is 1.03. The van der Waals surface area contributed by atoms with E-state index in [2.05, 4.69) is 47.9 Å². The second-order valence-corrected chi connectivity index (χ2v) is 8.07. The van der Waals surface area contributed by atoms with Crippen LogP contribution in [0.1, 0.15) is 32.3 Å². The maximum atomic E-state index is 11.8. The lowest BCUT2D eigenvalue weighted by atomic mass is 10.2. The minimum atomic E-state index is 0.168. The maximum absolute atomic E-state index is 11.8. The quantitative estimate of drug-likeness (QED) is 0.613. The van der Waals surface area contributed by atoms with Gasteiger partial charge in [0.25, 0.3) is 0 Å². The van der Waals surface area contributed by atoms with Gasteiger partial charge in [-0.05, 0) is 44.2 Å². The van der Waals surface area contributed by atoms with Gasteiger partial charge in [0.05, 0.1) is 0 Å². The van der Waals surface area contributed by atoms with Gasteiger partial charge in [0, 0.05) is 43.5 Å². The second kappa shape index (κ2) is 8.42. The van der Waals surface area contributed by atoms with Crippen LogP contribution in [-0.4, -0.2) is 43.0 Å². The molecule has 1 aliphatic rings. The first-order chi connectivity index (χ1) is 11.4. The summed E-state index contributed by atoms with van der Waals surface area (Å²) in [5, 5.41) is 6.69. The molecular weight excluding hydrogens is 320 g/mol. The summed E-state index contributed by atoms with van der Waals surface area (Å²) in [5.41, 5.74) is 2.16. The number of benzene rings is 1. The molecule has 1 aliphatic heterocycles. The van der Waals surface area contributed by atoms with Crippen molar-refractivity contribution in [1.82, 2.24) is 10.6 Å². The van der Waals surface area contributed by atoms with Crippen molar-refractivity contribution < 1.29 is 4.79 Å². The molecule has 0 unspecified atom stereocenters. The molecule has 2 rings (SSSR count). The molecule has 0 spiro atoms. The van der Waals surface area contributed by atoms with Gasteiger partial charge < -0.3 is 15.5 Å². The zero-order valence-electron chi connectivity index (χ0n) is 15.1. The summed E-state index contributed by atoms with van der Waals surface area (Å²) < 4.78 is 0.168. The van der Waals surface area contributed by atoms with Crippen LogP contribution in [0.3, 0.4) is 0 Å². The molecule has 5 nitrogen and oxygen atoms in total. The van der Waals surface area contributed by atoms with Crippen LogP contribution in [0.25, 0.3) is 0 Å². The monoisotopic (exact) mass is 348 g/mol. The van der Waals surface area contributed by atoms with Crippen LogP contribution in [0.5, 0.6) is 0 Å². The third kappa shape index (κ3) is 5.16. The van der Waals surface area contributed by atoms with E-state index in [4.69, 9.17) is 0 Å². The Morgan fingerprint density at radius 2 is 2.00 bits per heavy atom. The third-order valence-electron chi connectivity index (χ3n) is 4.24. The van der Waals surface area contributed by atoms with Crippen molar-refractivity contribution in [2.24, 2.45) is 4.99 Å². The molecule has 1 heterocycles. The largest absolute Gasteiger partial charge is 0.355 e. The Balaban J connectivity index is 1.86. The minimum absolute atomic E-state index is 0.168. The van der Waals surface area contributed by atoms with E-state index in [0.717, 1.165) is 36.7 Å². The first-order valence-electron chi connectivity index (χ1n) is 8.34. The predicted octanol–water partition coefficient (Wildman–Crippen LogP) is 2.62. The molecule has 1 aromatic carbocycles. The summed E-state index contributed by atoms with van der Waals surface area (Å²) in [6, 6.07) is 8.17. The molecule has 0 saturated carbocycles. The van der Waals surface area contributed by atoms with Gasteiger partial charge in [-0.15, -0.1) is 0 Å². The Bertz CT molecular complexity index is 583. The van der Waals surface area contributed by atoms with Gasteiger partial charge in [0.1, 0.15) is 0 Å². The van der Waals surface area contributed by atoms with Crippen LogP contribution in [0.2, 0.25) is 0 Å². The summed E-state index contributed by atoms with van der Waals surface area (Å²) >= 11 is 1.83. The molecule has 1 saturated heterocycles. The van der Waals surface area contributed by atoms with Crippen molar-refractivity contribution in [3.05, 3.63) is 29.8 Å². The van der Waals surface area contributed by atoms with Crippen LogP contribution in [0.4, 0.5) is 5.69 Å². The highest BCUT2D eigenvalue weighted by Crippen LogP contribution is 2.21. The van der Waals surface area contributed by atoms with Crippen molar-refractivity contribution >= 4 is 29.3 Å². The smallest absolute Gasteiger partial charge is 0.227 e. The number of guanidine groups is 1.